The van der Waals surface area contributed by atoms with Crippen LogP contribution in [0.4, 0.5) is 0 Å². The number of hydrazine groups is 1. The van der Waals surface area contributed by atoms with Crippen molar-refractivity contribution in [1.82, 2.24) is 20.4 Å². The molecule has 2 amide bonds. The van der Waals surface area contributed by atoms with Crippen molar-refractivity contribution in [3.63, 3.8) is 0 Å². The Bertz CT molecular complexity index is 1090. The minimum absolute atomic E-state index is 0.0205. The number of aryl methyl sites for hydroxylation is 1. The van der Waals surface area contributed by atoms with Crippen LogP contribution in [-0.4, -0.2) is 27.3 Å². The van der Waals surface area contributed by atoms with Crippen LogP contribution in [0.2, 0.25) is 0 Å². The molecule has 142 valence electrons. The Labute approximate surface area is 160 Å². The number of benzene rings is 2. The molecule has 0 radical (unpaired) electrons. The molecule has 2 N–H and O–H groups in total. The number of aromatic nitrogens is 2. The van der Waals surface area contributed by atoms with Crippen molar-refractivity contribution in [2.75, 3.05) is 0 Å². The quantitative estimate of drug-likeness (QED) is 0.530. The molecule has 1 atom stereocenters. The fourth-order valence-electron chi connectivity index (χ4n) is 3.27. The van der Waals surface area contributed by atoms with Gasteiger partial charge in [-0.3, -0.25) is 20.4 Å². The van der Waals surface area contributed by atoms with E-state index < -0.39 is 23.9 Å². The molecule has 0 saturated carbocycles. The second-order valence-corrected chi connectivity index (χ2v) is 6.53. The first kappa shape index (κ1) is 17.7. The normalized spacial score (nSPS) is 15.2. The number of rotatable bonds is 4. The maximum atomic E-state index is 12.2. The maximum absolute atomic E-state index is 12.2. The summed E-state index contributed by atoms with van der Waals surface area (Å²) in [6.45, 7) is 0. The van der Waals surface area contributed by atoms with E-state index in [0.29, 0.717) is 17.0 Å². The van der Waals surface area contributed by atoms with Crippen LogP contribution in [0.3, 0.4) is 0 Å². The lowest BCUT2D eigenvalue weighted by molar-refractivity contribution is -0.129. The molecule has 0 bridgehead atoms. The summed E-state index contributed by atoms with van der Waals surface area (Å²) in [6, 6.07) is 14.5. The van der Waals surface area contributed by atoms with Gasteiger partial charge in [-0.1, -0.05) is 30.3 Å². The Morgan fingerprint density at radius 1 is 1.07 bits per heavy atom. The number of imidazole rings is 1. The first-order valence-corrected chi connectivity index (χ1v) is 8.81. The van der Waals surface area contributed by atoms with Crippen molar-refractivity contribution in [3.05, 3.63) is 65.5 Å². The molecule has 28 heavy (non-hydrogen) atoms. The number of hydrogen-bond donors (Lipinski definition) is 2. The van der Waals surface area contributed by atoms with Crippen molar-refractivity contribution in [3.8, 4) is 0 Å². The number of carbonyl (C=O) groups excluding carboxylic acids is 3. The van der Waals surface area contributed by atoms with E-state index >= 15 is 0 Å². The smallest absolute Gasteiger partial charge is 0.339 e. The van der Waals surface area contributed by atoms with Gasteiger partial charge in [0.2, 0.25) is 11.8 Å². The van der Waals surface area contributed by atoms with E-state index in [-0.39, 0.29) is 12.8 Å². The van der Waals surface area contributed by atoms with Crippen molar-refractivity contribution >= 4 is 28.8 Å². The van der Waals surface area contributed by atoms with Gasteiger partial charge in [0.1, 0.15) is 11.9 Å². The molecule has 4 rings (SSSR count). The third-order valence-electron chi connectivity index (χ3n) is 4.69. The van der Waals surface area contributed by atoms with Crippen molar-refractivity contribution in [1.29, 1.82) is 0 Å². The van der Waals surface area contributed by atoms with Gasteiger partial charge in [0.05, 0.1) is 29.4 Å². The molecule has 8 nitrogen and oxygen atoms in total. The van der Waals surface area contributed by atoms with Gasteiger partial charge in [-0.25, -0.2) is 9.78 Å². The molecule has 1 aliphatic rings. The molecule has 0 spiro atoms. The molecule has 1 aliphatic heterocycles. The van der Waals surface area contributed by atoms with Gasteiger partial charge >= 0.3 is 5.97 Å². The number of fused-ring (bicyclic) bond motifs is 2. The molecular formula is C20H18N4O4. The second-order valence-electron chi connectivity index (χ2n) is 6.53. The Morgan fingerprint density at radius 2 is 1.79 bits per heavy atom. The molecule has 1 unspecified atom stereocenters. The van der Waals surface area contributed by atoms with Gasteiger partial charge in [-0.2, -0.15) is 0 Å². The van der Waals surface area contributed by atoms with E-state index in [0.717, 1.165) is 11.0 Å². The Morgan fingerprint density at radius 3 is 2.61 bits per heavy atom. The number of amides is 2. The van der Waals surface area contributed by atoms with E-state index in [1.165, 1.54) is 0 Å². The van der Waals surface area contributed by atoms with Crippen LogP contribution in [0.15, 0.2) is 48.5 Å². The van der Waals surface area contributed by atoms with Gasteiger partial charge in [0, 0.05) is 12.6 Å². The van der Waals surface area contributed by atoms with Crippen molar-refractivity contribution in [2.24, 2.45) is 7.05 Å². The molecule has 8 heteroatoms. The average molecular weight is 378 g/mol. The Hall–Kier alpha value is -3.68. The van der Waals surface area contributed by atoms with Crippen molar-refractivity contribution in [2.45, 2.75) is 18.9 Å². The summed E-state index contributed by atoms with van der Waals surface area (Å²) in [5.74, 6) is -0.700. The first-order chi connectivity index (χ1) is 13.5. The highest BCUT2D eigenvalue weighted by molar-refractivity contribution is 5.94. The van der Waals surface area contributed by atoms with Crippen LogP contribution in [0, 0.1) is 0 Å². The summed E-state index contributed by atoms with van der Waals surface area (Å²) >= 11 is 0. The maximum Gasteiger partial charge on any atom is 0.339 e. The lowest BCUT2D eigenvalue weighted by Gasteiger charge is -2.11. The number of carbonyl (C=O) groups is 3. The number of nitrogens with zero attached hydrogens (tertiary/aromatic N) is 2. The van der Waals surface area contributed by atoms with Gasteiger partial charge in [0.25, 0.3) is 0 Å². The number of nitrogens with one attached hydrogen (secondary N) is 2. The van der Waals surface area contributed by atoms with E-state index in [1.807, 2.05) is 35.9 Å². The summed E-state index contributed by atoms with van der Waals surface area (Å²) in [7, 11) is 1.84. The highest BCUT2D eigenvalue weighted by atomic mass is 16.5. The van der Waals surface area contributed by atoms with Gasteiger partial charge in [0.15, 0.2) is 0 Å². The lowest BCUT2D eigenvalue weighted by atomic mass is 10.0. The van der Waals surface area contributed by atoms with E-state index in [4.69, 9.17) is 4.74 Å². The summed E-state index contributed by atoms with van der Waals surface area (Å²) in [4.78, 5) is 40.5. The highest BCUT2D eigenvalue weighted by Gasteiger charge is 2.32. The van der Waals surface area contributed by atoms with Gasteiger partial charge in [-0.05, 0) is 18.2 Å². The van der Waals surface area contributed by atoms with E-state index in [1.54, 1.807) is 24.3 Å². The van der Waals surface area contributed by atoms with Crippen molar-refractivity contribution < 1.29 is 19.1 Å². The second kappa shape index (κ2) is 7.15. The third-order valence-corrected chi connectivity index (χ3v) is 4.69. The predicted molar refractivity (Wildman–Crippen MR) is 99.9 cm³/mol. The zero-order valence-electron chi connectivity index (χ0n) is 15.1. The molecule has 3 aromatic rings. The molecular weight excluding hydrogens is 360 g/mol. The number of cyclic esters (lactones) is 1. The summed E-state index contributed by atoms with van der Waals surface area (Å²) < 4.78 is 7.07. The summed E-state index contributed by atoms with van der Waals surface area (Å²) in [5.41, 5.74) is 7.61. The molecule has 2 aromatic carbocycles. The topological polar surface area (TPSA) is 102 Å². The van der Waals surface area contributed by atoms with Crippen LogP contribution < -0.4 is 10.9 Å². The number of hydrogen-bond acceptors (Lipinski definition) is 5. The fraction of sp³-hybridized carbons (Fsp3) is 0.200. The minimum atomic E-state index is -0.652. The Balaban J connectivity index is 1.33. The monoisotopic (exact) mass is 378 g/mol. The lowest BCUT2D eigenvalue weighted by Crippen LogP contribution is -2.43. The van der Waals surface area contributed by atoms with Crippen LogP contribution >= 0.6 is 0 Å². The largest absolute Gasteiger partial charge is 0.453 e. The Kier molecular flexibility index (Phi) is 4.52. The van der Waals surface area contributed by atoms with Gasteiger partial charge in [-0.15, -0.1) is 0 Å². The highest BCUT2D eigenvalue weighted by Crippen LogP contribution is 2.32. The summed E-state index contributed by atoms with van der Waals surface area (Å²) in [6.07, 6.45) is -0.706. The zero-order valence-corrected chi connectivity index (χ0v) is 15.1. The molecule has 2 heterocycles. The molecule has 0 aliphatic carbocycles. The minimum Gasteiger partial charge on any atom is -0.453 e. The number of para-hydroxylation sites is 2. The summed E-state index contributed by atoms with van der Waals surface area (Å²) in [5, 5.41) is 0. The van der Waals surface area contributed by atoms with E-state index in [2.05, 4.69) is 15.8 Å². The molecule has 1 aromatic heterocycles. The number of ether oxygens (including phenoxy) is 1. The van der Waals surface area contributed by atoms with E-state index in [9.17, 15) is 14.4 Å². The van der Waals surface area contributed by atoms with Crippen LogP contribution in [0.25, 0.3) is 11.0 Å². The van der Waals surface area contributed by atoms with Crippen LogP contribution in [-0.2, 0) is 27.8 Å². The first-order valence-electron chi connectivity index (χ1n) is 8.81. The average Bonchev–Trinajstić information content (AvgIpc) is 3.18. The fourth-order valence-corrected chi connectivity index (χ4v) is 3.27. The van der Waals surface area contributed by atoms with Crippen LogP contribution in [0.5, 0.6) is 0 Å². The number of esters is 1. The third kappa shape index (κ3) is 3.32. The van der Waals surface area contributed by atoms with Gasteiger partial charge < -0.3 is 9.30 Å². The SMILES string of the molecule is Cn1c(CC(=O)NNC(=O)CC2OC(=O)c3ccccc32)nc2ccccc21. The van der Waals surface area contributed by atoms with Crippen LogP contribution in [0.1, 0.15) is 34.3 Å². The molecule has 0 saturated heterocycles. The zero-order chi connectivity index (χ0) is 19.7. The molecule has 0 fully saturated rings. The predicted octanol–water partition coefficient (Wildman–Crippen LogP) is 1.56. The standard InChI is InChI=1S/C20H18N4O4/c1-24-15-9-5-4-8-14(15)21-17(24)11-19(26)23-22-18(25)10-16-12-6-2-3-7-13(12)20(27)28-16/h2-9,16H,10-11H2,1H3,(H,22,25)(H,23,26).